The van der Waals surface area contributed by atoms with Gasteiger partial charge in [-0.2, -0.15) is 5.10 Å². The number of aromatic nitrogens is 3. The van der Waals surface area contributed by atoms with Crippen LogP contribution in [0.2, 0.25) is 0 Å². The molecule has 1 saturated heterocycles. The molecule has 5 rings (SSSR count). The van der Waals surface area contributed by atoms with Crippen LogP contribution in [-0.2, 0) is 25.6 Å². The first-order valence-corrected chi connectivity index (χ1v) is 12.8. The van der Waals surface area contributed by atoms with Gasteiger partial charge in [-0.05, 0) is 56.3 Å². The molecule has 1 aliphatic rings. The number of halogens is 1. The monoisotopic (exact) mass is 520 g/mol. The first-order valence-electron chi connectivity index (χ1n) is 12.8. The fourth-order valence-electron chi connectivity index (χ4n) is 4.50. The van der Waals surface area contributed by atoms with Crippen LogP contribution in [0.25, 0.3) is 11.0 Å². The van der Waals surface area contributed by atoms with Crippen molar-refractivity contribution < 1.29 is 18.4 Å². The SMILES string of the molecule is Cn1nc(C(C)(C)C)cc1NC(=O)NCc1cc(F)ccc1Oc1ccc2c(CN3CCCC3)noc2c1. The van der Waals surface area contributed by atoms with Crippen LogP contribution in [0.3, 0.4) is 0 Å². The quantitative estimate of drug-likeness (QED) is 0.324. The summed E-state index contributed by atoms with van der Waals surface area (Å²) < 4.78 is 27.3. The molecule has 0 aliphatic carbocycles. The zero-order chi connectivity index (χ0) is 26.9. The Morgan fingerprint density at radius 1 is 1.13 bits per heavy atom. The Balaban J connectivity index is 1.26. The molecule has 2 aromatic heterocycles. The topological polar surface area (TPSA) is 97.5 Å². The number of urea groups is 1. The fourth-order valence-corrected chi connectivity index (χ4v) is 4.50. The van der Waals surface area contributed by atoms with Gasteiger partial charge in [0.2, 0.25) is 0 Å². The van der Waals surface area contributed by atoms with Crippen molar-refractivity contribution in [2.24, 2.45) is 7.05 Å². The Bertz CT molecular complexity index is 1450. The van der Waals surface area contributed by atoms with E-state index < -0.39 is 11.8 Å². The Morgan fingerprint density at radius 3 is 2.66 bits per heavy atom. The molecule has 38 heavy (non-hydrogen) atoms. The highest BCUT2D eigenvalue weighted by atomic mass is 19.1. The zero-order valence-corrected chi connectivity index (χ0v) is 22.2. The van der Waals surface area contributed by atoms with Gasteiger partial charge in [-0.1, -0.05) is 25.9 Å². The largest absolute Gasteiger partial charge is 0.457 e. The molecule has 0 atom stereocenters. The smallest absolute Gasteiger partial charge is 0.320 e. The maximum absolute atomic E-state index is 14.1. The highest BCUT2D eigenvalue weighted by Crippen LogP contribution is 2.31. The van der Waals surface area contributed by atoms with Crippen molar-refractivity contribution in [2.75, 3.05) is 18.4 Å². The fraction of sp³-hybridized carbons (Fsp3) is 0.393. The first-order chi connectivity index (χ1) is 18.2. The van der Waals surface area contributed by atoms with Crippen LogP contribution >= 0.6 is 0 Å². The molecular weight excluding hydrogens is 487 g/mol. The van der Waals surface area contributed by atoms with Crippen LogP contribution in [0.5, 0.6) is 11.5 Å². The number of ether oxygens (including phenoxy) is 1. The minimum atomic E-state index is -0.433. The molecule has 2 N–H and O–H groups in total. The first kappa shape index (κ1) is 25.7. The van der Waals surface area contributed by atoms with Crippen molar-refractivity contribution in [3.05, 3.63) is 65.2 Å². The van der Waals surface area contributed by atoms with E-state index in [0.29, 0.717) is 28.5 Å². The summed E-state index contributed by atoms with van der Waals surface area (Å²) in [5, 5.41) is 15.2. The number of carbonyl (C=O) groups is 1. The van der Waals surface area contributed by atoms with Crippen LogP contribution in [0.1, 0.15) is 50.6 Å². The second kappa shape index (κ2) is 10.4. The number of nitrogens with one attached hydrogen (secondary N) is 2. The van der Waals surface area contributed by atoms with Crippen LogP contribution in [0.15, 0.2) is 47.0 Å². The van der Waals surface area contributed by atoms with Crippen LogP contribution in [-0.4, -0.2) is 39.0 Å². The van der Waals surface area contributed by atoms with E-state index in [2.05, 4.69) is 46.6 Å². The Kier molecular flexibility index (Phi) is 7.07. The summed E-state index contributed by atoms with van der Waals surface area (Å²) in [4.78, 5) is 15.0. The number of aryl methyl sites for hydroxylation is 1. The number of amides is 2. The van der Waals surface area contributed by atoms with E-state index in [1.807, 2.05) is 18.2 Å². The predicted molar refractivity (Wildman–Crippen MR) is 143 cm³/mol. The molecule has 9 nitrogen and oxygen atoms in total. The number of anilines is 1. The predicted octanol–water partition coefficient (Wildman–Crippen LogP) is 5.71. The second-order valence-corrected chi connectivity index (χ2v) is 10.7. The van der Waals surface area contributed by atoms with E-state index in [0.717, 1.165) is 36.4 Å². The van der Waals surface area contributed by atoms with Crippen molar-refractivity contribution >= 4 is 22.8 Å². The third-order valence-corrected chi connectivity index (χ3v) is 6.67. The minimum Gasteiger partial charge on any atom is -0.457 e. The van der Waals surface area contributed by atoms with Crippen LogP contribution < -0.4 is 15.4 Å². The summed E-state index contributed by atoms with van der Waals surface area (Å²) >= 11 is 0. The van der Waals surface area contributed by atoms with Crippen molar-refractivity contribution in [1.82, 2.24) is 25.2 Å². The number of benzene rings is 2. The molecule has 1 fully saturated rings. The van der Waals surface area contributed by atoms with Gasteiger partial charge in [-0.15, -0.1) is 0 Å². The number of hydrogen-bond donors (Lipinski definition) is 2. The van der Waals surface area contributed by atoms with Gasteiger partial charge in [0.05, 0.1) is 5.69 Å². The molecule has 0 radical (unpaired) electrons. The molecule has 3 heterocycles. The van der Waals surface area contributed by atoms with E-state index in [1.54, 1.807) is 23.9 Å². The molecule has 200 valence electrons. The molecule has 2 amide bonds. The average Bonchev–Trinajstić information content (AvgIpc) is 3.61. The van der Waals surface area contributed by atoms with Crippen LogP contribution in [0, 0.1) is 5.82 Å². The number of nitrogens with zero attached hydrogens (tertiary/aromatic N) is 4. The molecule has 0 bridgehead atoms. The van der Waals surface area contributed by atoms with E-state index in [4.69, 9.17) is 9.26 Å². The van der Waals surface area contributed by atoms with Gasteiger partial charge in [0, 0.05) is 48.6 Å². The summed E-state index contributed by atoms with van der Waals surface area (Å²) in [7, 11) is 1.77. The third-order valence-electron chi connectivity index (χ3n) is 6.67. The normalized spacial score (nSPS) is 14.2. The van der Waals surface area contributed by atoms with Gasteiger partial charge in [-0.3, -0.25) is 14.9 Å². The van der Waals surface area contributed by atoms with E-state index in [9.17, 15) is 9.18 Å². The lowest BCUT2D eigenvalue weighted by atomic mass is 9.92. The van der Waals surface area contributed by atoms with Gasteiger partial charge >= 0.3 is 6.03 Å². The highest BCUT2D eigenvalue weighted by Gasteiger charge is 2.20. The summed E-state index contributed by atoms with van der Waals surface area (Å²) in [6.07, 6.45) is 2.43. The number of likely N-dealkylation sites (tertiary alicyclic amines) is 1. The lowest BCUT2D eigenvalue weighted by molar-refractivity contribution is 0.251. The maximum Gasteiger partial charge on any atom is 0.320 e. The van der Waals surface area contributed by atoms with Crippen molar-refractivity contribution in [1.29, 1.82) is 0 Å². The standard InChI is InChI=1S/C28H33FN6O3/c1-28(2,3)25-15-26(34(4)32-25)31-27(36)30-16-18-13-19(29)7-10-23(18)37-20-8-9-21-22(33-38-24(21)14-20)17-35-11-5-6-12-35/h7-10,13-15H,5-6,11-12,16-17H2,1-4H3,(H2,30,31,36). The molecule has 4 aromatic rings. The average molecular weight is 521 g/mol. The van der Waals surface area contributed by atoms with Gasteiger partial charge in [0.15, 0.2) is 5.58 Å². The second-order valence-electron chi connectivity index (χ2n) is 10.7. The summed E-state index contributed by atoms with van der Waals surface area (Å²) in [6, 6.07) is 11.2. The molecule has 2 aromatic carbocycles. The van der Waals surface area contributed by atoms with Crippen molar-refractivity contribution in [3.8, 4) is 11.5 Å². The minimum absolute atomic E-state index is 0.0629. The highest BCUT2D eigenvalue weighted by molar-refractivity contribution is 5.88. The van der Waals surface area contributed by atoms with Crippen LogP contribution in [0.4, 0.5) is 15.0 Å². The van der Waals surface area contributed by atoms with Gasteiger partial charge in [0.25, 0.3) is 0 Å². The molecule has 10 heteroatoms. The Labute approximate surface area is 220 Å². The molecule has 0 spiro atoms. The van der Waals surface area contributed by atoms with Crippen molar-refractivity contribution in [3.63, 3.8) is 0 Å². The lowest BCUT2D eigenvalue weighted by Crippen LogP contribution is -2.29. The molecular formula is C28H33FN6O3. The van der Waals surface area contributed by atoms with Gasteiger partial charge < -0.3 is 14.6 Å². The Morgan fingerprint density at radius 2 is 1.92 bits per heavy atom. The molecule has 1 aliphatic heterocycles. The van der Waals surface area contributed by atoms with Gasteiger partial charge in [0.1, 0.15) is 28.8 Å². The van der Waals surface area contributed by atoms with E-state index in [-0.39, 0.29) is 12.0 Å². The van der Waals surface area contributed by atoms with Gasteiger partial charge in [-0.25, -0.2) is 9.18 Å². The number of fused-ring (bicyclic) bond motifs is 1. The maximum atomic E-state index is 14.1. The number of carbonyl (C=O) groups excluding carboxylic acids is 1. The Hall–Kier alpha value is -3.92. The molecule has 0 unspecified atom stereocenters. The summed E-state index contributed by atoms with van der Waals surface area (Å²) in [5.41, 5.74) is 2.75. The third kappa shape index (κ3) is 5.80. The summed E-state index contributed by atoms with van der Waals surface area (Å²) in [6.45, 7) is 9.14. The molecule has 0 saturated carbocycles. The number of rotatable bonds is 7. The zero-order valence-electron chi connectivity index (χ0n) is 22.2. The lowest BCUT2D eigenvalue weighted by Gasteiger charge is -2.14. The van der Waals surface area contributed by atoms with E-state index >= 15 is 0 Å². The number of hydrogen-bond acceptors (Lipinski definition) is 6. The van der Waals surface area contributed by atoms with E-state index in [1.165, 1.54) is 25.0 Å². The summed E-state index contributed by atoms with van der Waals surface area (Å²) in [5.74, 6) is 1.10. The van der Waals surface area contributed by atoms with Crippen molar-refractivity contribution in [2.45, 2.75) is 52.1 Å².